The number of ketones is 1. The number of hydrogen-bond donors (Lipinski definition) is 0. The fraction of sp³-hybridized carbons (Fsp3) is 0.467. The lowest BCUT2D eigenvalue weighted by Crippen LogP contribution is -2.36. The van der Waals surface area contributed by atoms with Crippen molar-refractivity contribution in [2.45, 2.75) is 38.8 Å². The largest absolute Gasteiger partial charge is 0.444 e. The molecule has 1 aromatic rings. The lowest BCUT2D eigenvalue weighted by molar-refractivity contribution is -0.117. The number of hydrogen-bond acceptors (Lipinski definition) is 3. The first-order chi connectivity index (χ1) is 9.26. The number of benzene rings is 1. The van der Waals surface area contributed by atoms with Crippen molar-refractivity contribution in [3.63, 3.8) is 0 Å². The first-order valence-corrected chi connectivity index (χ1v) is 7.32. The number of ether oxygens (including phenoxy) is 1. The van der Waals surface area contributed by atoms with Gasteiger partial charge in [-0.3, -0.25) is 9.69 Å². The third kappa shape index (κ3) is 3.60. The standard InChI is InChI=1S/C15H18BrNO3/c1-15(2,3)20-14(19)17-9-12(18)8-13(17)10-4-6-11(16)7-5-10/h4-7,13H,8-9H2,1-3H3/t13-/m1/s1. The molecule has 1 amide bonds. The van der Waals surface area contributed by atoms with Gasteiger partial charge in [0.2, 0.25) is 0 Å². The molecule has 1 saturated heterocycles. The van der Waals surface area contributed by atoms with Crippen LogP contribution in [0.5, 0.6) is 0 Å². The van der Waals surface area contributed by atoms with Gasteiger partial charge in [0.25, 0.3) is 0 Å². The summed E-state index contributed by atoms with van der Waals surface area (Å²) in [7, 11) is 0. The summed E-state index contributed by atoms with van der Waals surface area (Å²) in [6.07, 6.45) is -0.0859. The molecular weight excluding hydrogens is 322 g/mol. The van der Waals surface area contributed by atoms with Crippen molar-refractivity contribution in [2.24, 2.45) is 0 Å². The van der Waals surface area contributed by atoms with Crippen molar-refractivity contribution in [3.8, 4) is 0 Å². The quantitative estimate of drug-likeness (QED) is 0.783. The molecular formula is C15H18BrNO3. The number of Topliss-reactive ketones (excluding diaryl/α,β-unsaturated/α-hetero) is 1. The van der Waals surface area contributed by atoms with E-state index in [1.54, 1.807) is 0 Å². The average Bonchev–Trinajstić information content (AvgIpc) is 2.70. The Kier molecular flexibility index (Phi) is 4.18. The maximum absolute atomic E-state index is 12.2. The fourth-order valence-electron chi connectivity index (χ4n) is 2.19. The van der Waals surface area contributed by atoms with Gasteiger partial charge in [0.1, 0.15) is 5.60 Å². The highest BCUT2D eigenvalue weighted by Gasteiger charge is 2.37. The maximum atomic E-state index is 12.2. The zero-order chi connectivity index (χ0) is 14.9. The molecule has 1 aromatic carbocycles. The Morgan fingerprint density at radius 2 is 1.90 bits per heavy atom. The molecule has 1 aliphatic heterocycles. The Labute approximate surface area is 127 Å². The van der Waals surface area contributed by atoms with Crippen LogP contribution in [0.15, 0.2) is 28.7 Å². The Morgan fingerprint density at radius 3 is 2.45 bits per heavy atom. The van der Waals surface area contributed by atoms with Gasteiger partial charge in [-0.1, -0.05) is 28.1 Å². The predicted molar refractivity (Wildman–Crippen MR) is 79.4 cm³/mol. The Hall–Kier alpha value is -1.36. The molecule has 1 atom stereocenters. The molecule has 0 unspecified atom stereocenters. The van der Waals surface area contributed by atoms with Gasteiger partial charge in [-0.25, -0.2) is 4.79 Å². The van der Waals surface area contributed by atoms with Gasteiger partial charge in [-0.05, 0) is 38.5 Å². The number of halogens is 1. The van der Waals surface area contributed by atoms with Gasteiger partial charge in [0.15, 0.2) is 5.78 Å². The van der Waals surface area contributed by atoms with Crippen LogP contribution in [-0.2, 0) is 9.53 Å². The summed E-state index contributed by atoms with van der Waals surface area (Å²) in [6, 6.07) is 7.43. The van der Waals surface area contributed by atoms with Crippen molar-refractivity contribution in [3.05, 3.63) is 34.3 Å². The third-order valence-corrected chi connectivity index (χ3v) is 3.56. The van der Waals surface area contributed by atoms with Crippen LogP contribution in [0.3, 0.4) is 0 Å². The Balaban J connectivity index is 2.20. The number of carbonyl (C=O) groups excluding carboxylic acids is 2. The topological polar surface area (TPSA) is 46.6 Å². The fourth-order valence-corrected chi connectivity index (χ4v) is 2.45. The average molecular weight is 340 g/mol. The van der Waals surface area contributed by atoms with Crippen molar-refractivity contribution < 1.29 is 14.3 Å². The van der Waals surface area contributed by atoms with E-state index in [-0.39, 0.29) is 18.4 Å². The second-order valence-corrected chi connectivity index (χ2v) is 6.83. The van der Waals surface area contributed by atoms with E-state index in [9.17, 15) is 9.59 Å². The number of carbonyl (C=O) groups is 2. The molecule has 0 radical (unpaired) electrons. The van der Waals surface area contributed by atoms with Crippen molar-refractivity contribution in [2.75, 3.05) is 6.54 Å². The molecule has 5 heteroatoms. The number of nitrogens with zero attached hydrogens (tertiary/aromatic N) is 1. The minimum absolute atomic E-state index is 0.0591. The summed E-state index contributed by atoms with van der Waals surface area (Å²) in [6.45, 7) is 5.57. The molecule has 4 nitrogen and oxygen atoms in total. The Bertz CT molecular complexity index is 519. The second kappa shape index (κ2) is 5.56. The minimum atomic E-state index is -0.563. The van der Waals surface area contributed by atoms with E-state index in [2.05, 4.69) is 15.9 Å². The molecule has 0 bridgehead atoms. The summed E-state index contributed by atoms with van der Waals surface area (Å²) >= 11 is 3.38. The normalized spacial score (nSPS) is 19.3. The van der Waals surface area contributed by atoms with E-state index >= 15 is 0 Å². The molecule has 1 fully saturated rings. The third-order valence-electron chi connectivity index (χ3n) is 3.03. The second-order valence-electron chi connectivity index (χ2n) is 5.92. The Morgan fingerprint density at radius 1 is 1.30 bits per heavy atom. The molecule has 1 aliphatic rings. The van der Waals surface area contributed by atoms with Crippen molar-refractivity contribution in [1.29, 1.82) is 0 Å². The van der Waals surface area contributed by atoms with Crippen LogP contribution in [0, 0.1) is 0 Å². The summed E-state index contributed by atoms with van der Waals surface area (Å²) in [5, 5.41) is 0. The van der Waals surface area contributed by atoms with Gasteiger partial charge in [-0.15, -0.1) is 0 Å². The number of amides is 1. The van der Waals surface area contributed by atoms with E-state index in [1.807, 2.05) is 45.0 Å². The van der Waals surface area contributed by atoms with Gasteiger partial charge in [0, 0.05) is 10.9 Å². The smallest absolute Gasteiger partial charge is 0.411 e. The number of likely N-dealkylation sites (tertiary alicyclic amines) is 1. The maximum Gasteiger partial charge on any atom is 0.411 e. The van der Waals surface area contributed by atoms with Gasteiger partial charge >= 0.3 is 6.09 Å². The van der Waals surface area contributed by atoms with E-state index in [4.69, 9.17) is 4.74 Å². The monoisotopic (exact) mass is 339 g/mol. The SMILES string of the molecule is CC(C)(C)OC(=O)N1CC(=O)C[C@@H]1c1ccc(Br)cc1. The number of rotatable bonds is 1. The highest BCUT2D eigenvalue weighted by Crippen LogP contribution is 2.32. The summed E-state index contributed by atoms with van der Waals surface area (Å²) in [5.41, 5.74) is 0.386. The molecule has 2 rings (SSSR count). The van der Waals surface area contributed by atoms with Gasteiger partial charge in [-0.2, -0.15) is 0 Å². The van der Waals surface area contributed by atoms with Crippen LogP contribution in [0.25, 0.3) is 0 Å². The predicted octanol–water partition coefficient (Wildman–Crippen LogP) is 3.70. The summed E-state index contributed by atoms with van der Waals surface area (Å²) in [5.74, 6) is 0.0591. The van der Waals surface area contributed by atoms with Crippen LogP contribution in [0.2, 0.25) is 0 Å². The van der Waals surface area contributed by atoms with E-state index < -0.39 is 11.7 Å². The van der Waals surface area contributed by atoms with E-state index in [0.29, 0.717) is 6.42 Å². The highest BCUT2D eigenvalue weighted by molar-refractivity contribution is 9.10. The molecule has 0 aliphatic carbocycles. The molecule has 0 aromatic heterocycles. The van der Waals surface area contributed by atoms with Crippen LogP contribution in [0.4, 0.5) is 4.79 Å². The zero-order valence-corrected chi connectivity index (χ0v) is 13.4. The lowest BCUT2D eigenvalue weighted by atomic mass is 10.0. The molecule has 20 heavy (non-hydrogen) atoms. The highest BCUT2D eigenvalue weighted by atomic mass is 79.9. The lowest BCUT2D eigenvalue weighted by Gasteiger charge is -2.28. The summed E-state index contributed by atoms with van der Waals surface area (Å²) < 4.78 is 6.34. The van der Waals surface area contributed by atoms with Crippen LogP contribution < -0.4 is 0 Å². The van der Waals surface area contributed by atoms with Crippen LogP contribution in [-0.4, -0.2) is 28.9 Å². The van der Waals surface area contributed by atoms with Crippen LogP contribution >= 0.6 is 15.9 Å². The molecule has 108 valence electrons. The summed E-state index contributed by atoms with van der Waals surface area (Å²) in [4.78, 5) is 25.4. The molecule has 0 saturated carbocycles. The van der Waals surface area contributed by atoms with Gasteiger partial charge < -0.3 is 4.74 Å². The van der Waals surface area contributed by atoms with Crippen molar-refractivity contribution >= 4 is 27.8 Å². The first kappa shape index (κ1) is 15.0. The molecule has 0 spiro atoms. The van der Waals surface area contributed by atoms with E-state index in [0.717, 1.165) is 10.0 Å². The van der Waals surface area contributed by atoms with Crippen molar-refractivity contribution in [1.82, 2.24) is 4.90 Å². The molecule has 1 heterocycles. The minimum Gasteiger partial charge on any atom is -0.444 e. The van der Waals surface area contributed by atoms with Crippen LogP contribution in [0.1, 0.15) is 38.8 Å². The molecule has 0 N–H and O–H groups in total. The zero-order valence-electron chi connectivity index (χ0n) is 11.9. The van der Waals surface area contributed by atoms with Gasteiger partial charge in [0.05, 0.1) is 12.6 Å². The van der Waals surface area contributed by atoms with E-state index in [1.165, 1.54) is 4.90 Å². The first-order valence-electron chi connectivity index (χ1n) is 6.53.